The molecule has 0 unspecified atom stereocenters. The number of ether oxygens (including phenoxy) is 1. The summed E-state index contributed by atoms with van der Waals surface area (Å²) >= 11 is 4.97. The second-order valence-corrected chi connectivity index (χ2v) is 6.91. The number of hydrogen-bond acceptors (Lipinski definition) is 4. The van der Waals surface area contributed by atoms with E-state index in [1.165, 1.54) is 0 Å². The van der Waals surface area contributed by atoms with Gasteiger partial charge in [0, 0.05) is 17.8 Å². The number of carbonyl (C=O) groups excluding carboxylic acids is 1. The van der Waals surface area contributed by atoms with Crippen LogP contribution in [0.15, 0.2) is 34.2 Å². The molecule has 0 aliphatic carbocycles. The van der Waals surface area contributed by atoms with Gasteiger partial charge in [-0.25, -0.2) is 9.78 Å². The van der Waals surface area contributed by atoms with Crippen LogP contribution in [0.1, 0.15) is 16.1 Å². The van der Waals surface area contributed by atoms with Gasteiger partial charge in [-0.15, -0.1) is 11.3 Å². The third kappa shape index (κ3) is 3.02. The Labute approximate surface area is 129 Å². The molecule has 3 rings (SSSR count). The summed E-state index contributed by atoms with van der Waals surface area (Å²) < 4.78 is 6.23. The van der Waals surface area contributed by atoms with Crippen LogP contribution >= 0.6 is 27.3 Å². The maximum absolute atomic E-state index is 12.1. The van der Waals surface area contributed by atoms with Crippen LogP contribution in [0.3, 0.4) is 0 Å². The molecule has 2 heterocycles. The molecule has 0 saturated carbocycles. The Bertz CT molecular complexity index is 615. The third-order valence-electron chi connectivity index (χ3n) is 3.17. The van der Waals surface area contributed by atoms with Crippen molar-refractivity contribution in [2.24, 2.45) is 0 Å². The van der Waals surface area contributed by atoms with E-state index < -0.39 is 0 Å². The van der Waals surface area contributed by atoms with Gasteiger partial charge in [-0.1, -0.05) is 30.3 Å². The summed E-state index contributed by atoms with van der Waals surface area (Å²) in [5.74, 6) is 0. The first-order chi connectivity index (χ1) is 9.72. The molecule has 0 atom stereocenters. The standard InChI is InChI=1S/C14H13BrN2O2S/c15-13-16-11-6-7-17(8-12(11)20-13)14(18)19-9-10-4-2-1-3-5-10/h1-5H,6-9H2. The Morgan fingerprint density at radius 3 is 3.00 bits per heavy atom. The fourth-order valence-corrected chi connectivity index (χ4v) is 3.78. The molecule has 6 heteroatoms. The lowest BCUT2D eigenvalue weighted by atomic mass is 10.2. The van der Waals surface area contributed by atoms with Crippen LogP contribution in [0.4, 0.5) is 4.79 Å². The molecule has 1 aliphatic heterocycles. The highest BCUT2D eigenvalue weighted by Gasteiger charge is 2.24. The first-order valence-electron chi connectivity index (χ1n) is 6.32. The molecule has 20 heavy (non-hydrogen) atoms. The van der Waals surface area contributed by atoms with Gasteiger partial charge in [-0.2, -0.15) is 0 Å². The number of hydrogen-bond donors (Lipinski definition) is 0. The average Bonchev–Trinajstić information content (AvgIpc) is 2.85. The molecule has 1 amide bonds. The number of carbonyl (C=O) groups is 1. The maximum Gasteiger partial charge on any atom is 0.410 e. The highest BCUT2D eigenvalue weighted by atomic mass is 79.9. The van der Waals surface area contributed by atoms with Gasteiger partial charge in [-0.3, -0.25) is 0 Å². The summed E-state index contributed by atoms with van der Waals surface area (Å²) in [5, 5.41) is 0. The van der Waals surface area contributed by atoms with Crippen molar-refractivity contribution in [1.29, 1.82) is 0 Å². The van der Waals surface area contributed by atoms with Gasteiger partial charge in [0.05, 0.1) is 12.2 Å². The van der Waals surface area contributed by atoms with Crippen molar-refractivity contribution < 1.29 is 9.53 Å². The Hall–Kier alpha value is -1.40. The van der Waals surface area contributed by atoms with Gasteiger partial charge in [0.25, 0.3) is 0 Å². The van der Waals surface area contributed by atoms with Crippen molar-refractivity contribution in [1.82, 2.24) is 9.88 Å². The number of halogens is 1. The van der Waals surface area contributed by atoms with Crippen molar-refractivity contribution in [3.63, 3.8) is 0 Å². The SMILES string of the molecule is O=C(OCc1ccccc1)N1CCc2nc(Br)sc2C1. The van der Waals surface area contributed by atoms with Crippen LogP contribution in [-0.2, 0) is 24.3 Å². The van der Waals surface area contributed by atoms with Gasteiger partial charge in [0.1, 0.15) is 6.61 Å². The van der Waals surface area contributed by atoms with E-state index in [-0.39, 0.29) is 6.09 Å². The van der Waals surface area contributed by atoms with Crippen molar-refractivity contribution in [2.45, 2.75) is 19.6 Å². The van der Waals surface area contributed by atoms with E-state index in [1.807, 2.05) is 30.3 Å². The van der Waals surface area contributed by atoms with Crippen LogP contribution in [0.5, 0.6) is 0 Å². The molecular weight excluding hydrogens is 340 g/mol. The minimum atomic E-state index is -0.260. The zero-order chi connectivity index (χ0) is 13.9. The van der Waals surface area contributed by atoms with E-state index in [0.717, 1.165) is 26.5 Å². The summed E-state index contributed by atoms with van der Waals surface area (Å²) in [6.07, 6.45) is 0.529. The first-order valence-corrected chi connectivity index (χ1v) is 7.93. The highest BCUT2D eigenvalue weighted by molar-refractivity contribution is 9.11. The van der Waals surface area contributed by atoms with Gasteiger partial charge in [0.2, 0.25) is 0 Å². The summed E-state index contributed by atoms with van der Waals surface area (Å²) in [6.45, 7) is 1.57. The van der Waals surface area contributed by atoms with E-state index >= 15 is 0 Å². The van der Waals surface area contributed by atoms with E-state index in [0.29, 0.717) is 19.7 Å². The quantitative estimate of drug-likeness (QED) is 0.829. The fourth-order valence-electron chi connectivity index (χ4n) is 2.13. The smallest absolute Gasteiger partial charge is 0.410 e. The number of rotatable bonds is 2. The maximum atomic E-state index is 12.1. The molecule has 0 saturated heterocycles. The van der Waals surface area contributed by atoms with E-state index in [1.54, 1.807) is 16.2 Å². The van der Waals surface area contributed by atoms with Gasteiger partial charge in [-0.05, 0) is 21.5 Å². The largest absolute Gasteiger partial charge is 0.445 e. The topological polar surface area (TPSA) is 42.4 Å². The van der Waals surface area contributed by atoms with Crippen molar-refractivity contribution in [2.75, 3.05) is 6.54 Å². The Morgan fingerprint density at radius 2 is 2.20 bits per heavy atom. The minimum Gasteiger partial charge on any atom is -0.445 e. The highest BCUT2D eigenvalue weighted by Crippen LogP contribution is 2.28. The first kappa shape index (κ1) is 13.6. The lowest BCUT2D eigenvalue weighted by Crippen LogP contribution is -2.35. The average molecular weight is 353 g/mol. The minimum absolute atomic E-state index is 0.260. The molecule has 0 fully saturated rings. The zero-order valence-corrected chi connectivity index (χ0v) is 13.1. The molecule has 1 aliphatic rings. The van der Waals surface area contributed by atoms with Crippen LogP contribution in [0, 0.1) is 0 Å². The number of amides is 1. The predicted molar refractivity (Wildman–Crippen MR) is 80.6 cm³/mol. The number of thiazole rings is 1. The number of benzene rings is 1. The van der Waals surface area contributed by atoms with Crippen LogP contribution < -0.4 is 0 Å². The number of nitrogens with zero attached hydrogens (tertiary/aromatic N) is 2. The van der Waals surface area contributed by atoms with E-state index in [9.17, 15) is 4.79 Å². The van der Waals surface area contributed by atoms with E-state index in [4.69, 9.17) is 4.74 Å². The molecule has 0 spiro atoms. The predicted octanol–water partition coefficient (Wildman–Crippen LogP) is 3.60. The Kier molecular flexibility index (Phi) is 4.03. The molecular formula is C14H13BrN2O2S. The number of fused-ring (bicyclic) bond motifs is 1. The van der Waals surface area contributed by atoms with Crippen molar-refractivity contribution in [3.8, 4) is 0 Å². The molecule has 1 aromatic heterocycles. The molecule has 1 aromatic carbocycles. The third-order valence-corrected chi connectivity index (χ3v) is 4.70. The van der Waals surface area contributed by atoms with Crippen LogP contribution in [-0.4, -0.2) is 22.5 Å². The lowest BCUT2D eigenvalue weighted by Gasteiger charge is -2.25. The fraction of sp³-hybridized carbons (Fsp3) is 0.286. The van der Waals surface area contributed by atoms with Crippen molar-refractivity contribution >= 4 is 33.4 Å². The van der Waals surface area contributed by atoms with Gasteiger partial charge in [0.15, 0.2) is 3.92 Å². The van der Waals surface area contributed by atoms with E-state index in [2.05, 4.69) is 20.9 Å². The molecule has 2 aromatic rings. The molecule has 0 bridgehead atoms. The lowest BCUT2D eigenvalue weighted by molar-refractivity contribution is 0.0921. The summed E-state index contributed by atoms with van der Waals surface area (Å²) in [7, 11) is 0. The molecule has 0 N–H and O–H groups in total. The van der Waals surface area contributed by atoms with Crippen LogP contribution in [0.25, 0.3) is 0 Å². The van der Waals surface area contributed by atoms with Gasteiger partial charge < -0.3 is 9.64 Å². The number of aromatic nitrogens is 1. The second-order valence-electron chi connectivity index (χ2n) is 4.55. The van der Waals surface area contributed by atoms with Crippen molar-refractivity contribution in [3.05, 3.63) is 50.4 Å². The van der Waals surface area contributed by atoms with Gasteiger partial charge >= 0.3 is 6.09 Å². The summed E-state index contributed by atoms with van der Waals surface area (Å²) in [4.78, 5) is 19.3. The van der Waals surface area contributed by atoms with Crippen LogP contribution in [0.2, 0.25) is 0 Å². The Balaban J connectivity index is 1.59. The molecule has 104 valence electrons. The Morgan fingerprint density at radius 1 is 1.40 bits per heavy atom. The monoisotopic (exact) mass is 352 g/mol. The summed E-state index contributed by atoms with van der Waals surface area (Å²) in [6, 6.07) is 9.71. The molecule has 0 radical (unpaired) electrons. The molecule has 4 nitrogen and oxygen atoms in total. The zero-order valence-electron chi connectivity index (χ0n) is 10.7. The summed E-state index contributed by atoms with van der Waals surface area (Å²) in [5.41, 5.74) is 2.09. The normalized spacial score (nSPS) is 13.9. The second kappa shape index (κ2) is 5.93.